The second kappa shape index (κ2) is 4.52. The average Bonchev–Trinajstić information content (AvgIpc) is 2.35. The van der Waals surface area contributed by atoms with Gasteiger partial charge in [-0.15, -0.1) is 0 Å². The van der Waals surface area contributed by atoms with Gasteiger partial charge in [-0.2, -0.15) is 0 Å². The number of nitrogens with zero attached hydrogens (tertiary/aromatic N) is 1. The molecule has 94 valence electrons. The second-order valence-corrected chi connectivity index (χ2v) is 5.54. The predicted molar refractivity (Wildman–Crippen MR) is 76.0 cm³/mol. The molecular formula is C15H17ClN2. The largest absolute Gasteiger partial charge is 0.324 e. The van der Waals surface area contributed by atoms with Crippen LogP contribution in [0.15, 0.2) is 18.2 Å². The van der Waals surface area contributed by atoms with Gasteiger partial charge in [-0.25, -0.2) is 0 Å². The fraction of sp³-hybridized carbons (Fsp3) is 0.400. The summed E-state index contributed by atoms with van der Waals surface area (Å²) < 4.78 is 0. The van der Waals surface area contributed by atoms with Gasteiger partial charge in [0.05, 0.1) is 5.52 Å². The van der Waals surface area contributed by atoms with Crippen LogP contribution in [0, 0.1) is 0 Å². The van der Waals surface area contributed by atoms with E-state index in [2.05, 4.69) is 0 Å². The SMILES string of the molecule is CC(N)c1c2c(nc3ccc(Cl)cc13)CCCC2. The zero-order valence-electron chi connectivity index (χ0n) is 10.5. The molecule has 1 aromatic carbocycles. The van der Waals surface area contributed by atoms with Crippen molar-refractivity contribution < 1.29 is 0 Å². The van der Waals surface area contributed by atoms with Crippen LogP contribution < -0.4 is 5.73 Å². The lowest BCUT2D eigenvalue weighted by Gasteiger charge is -2.22. The molecule has 0 radical (unpaired) electrons. The fourth-order valence-corrected chi connectivity index (χ4v) is 3.12. The van der Waals surface area contributed by atoms with Crippen LogP contribution in [0.1, 0.15) is 42.6 Å². The molecule has 1 aromatic heterocycles. The molecule has 0 spiro atoms. The van der Waals surface area contributed by atoms with E-state index < -0.39 is 0 Å². The monoisotopic (exact) mass is 260 g/mol. The first-order chi connectivity index (χ1) is 8.66. The number of benzene rings is 1. The minimum absolute atomic E-state index is 0.0285. The molecule has 1 atom stereocenters. The van der Waals surface area contributed by atoms with E-state index >= 15 is 0 Å². The summed E-state index contributed by atoms with van der Waals surface area (Å²) in [4.78, 5) is 4.79. The van der Waals surface area contributed by atoms with E-state index in [1.807, 2.05) is 25.1 Å². The normalized spacial score (nSPS) is 16.6. The van der Waals surface area contributed by atoms with Crippen LogP contribution in [-0.4, -0.2) is 4.98 Å². The standard InChI is InChI=1S/C15H17ClN2/c1-9(17)15-11-4-2-3-5-13(11)18-14-7-6-10(16)8-12(14)15/h6-9H,2-5,17H2,1H3. The Morgan fingerprint density at radius 1 is 1.28 bits per heavy atom. The molecule has 0 amide bonds. The first-order valence-electron chi connectivity index (χ1n) is 6.53. The maximum atomic E-state index is 6.18. The lowest BCUT2D eigenvalue weighted by atomic mass is 9.87. The number of pyridine rings is 1. The van der Waals surface area contributed by atoms with Crippen molar-refractivity contribution in [1.82, 2.24) is 4.98 Å². The lowest BCUT2D eigenvalue weighted by molar-refractivity contribution is 0.655. The highest BCUT2D eigenvalue weighted by Gasteiger charge is 2.20. The molecule has 2 aromatic rings. The molecule has 18 heavy (non-hydrogen) atoms. The van der Waals surface area contributed by atoms with Crippen molar-refractivity contribution >= 4 is 22.5 Å². The van der Waals surface area contributed by atoms with E-state index in [4.69, 9.17) is 22.3 Å². The van der Waals surface area contributed by atoms with Crippen molar-refractivity contribution in [2.45, 2.75) is 38.6 Å². The van der Waals surface area contributed by atoms with Gasteiger partial charge in [0, 0.05) is 22.1 Å². The molecule has 0 bridgehead atoms. The highest BCUT2D eigenvalue weighted by atomic mass is 35.5. The number of halogens is 1. The zero-order valence-corrected chi connectivity index (χ0v) is 11.3. The smallest absolute Gasteiger partial charge is 0.0709 e. The predicted octanol–water partition coefficient (Wildman–Crippen LogP) is 3.79. The molecular weight excluding hydrogens is 244 g/mol. The van der Waals surface area contributed by atoms with Gasteiger partial charge in [0.2, 0.25) is 0 Å². The third-order valence-corrected chi connectivity index (χ3v) is 3.96. The average molecular weight is 261 g/mol. The molecule has 2 nitrogen and oxygen atoms in total. The molecule has 3 rings (SSSR count). The molecule has 3 heteroatoms. The van der Waals surface area contributed by atoms with Crippen LogP contribution in [0.3, 0.4) is 0 Å². The Bertz CT molecular complexity index is 605. The van der Waals surface area contributed by atoms with Crippen molar-refractivity contribution in [3.8, 4) is 0 Å². The Balaban J connectivity index is 2.37. The minimum Gasteiger partial charge on any atom is -0.324 e. The number of hydrogen-bond donors (Lipinski definition) is 1. The summed E-state index contributed by atoms with van der Waals surface area (Å²) in [6.45, 7) is 2.05. The third kappa shape index (κ3) is 1.90. The number of fused-ring (bicyclic) bond motifs is 2. The molecule has 0 saturated carbocycles. The van der Waals surface area contributed by atoms with Gasteiger partial charge < -0.3 is 5.73 Å². The molecule has 1 aliphatic rings. The summed E-state index contributed by atoms with van der Waals surface area (Å²) in [5, 5.41) is 1.88. The molecule has 0 fully saturated rings. The quantitative estimate of drug-likeness (QED) is 0.847. The summed E-state index contributed by atoms with van der Waals surface area (Å²) in [6, 6.07) is 5.92. The first-order valence-corrected chi connectivity index (χ1v) is 6.91. The maximum Gasteiger partial charge on any atom is 0.0709 e. The van der Waals surface area contributed by atoms with E-state index in [9.17, 15) is 0 Å². The lowest BCUT2D eigenvalue weighted by Crippen LogP contribution is -2.15. The third-order valence-electron chi connectivity index (χ3n) is 3.72. The Morgan fingerprint density at radius 3 is 2.83 bits per heavy atom. The molecule has 0 saturated heterocycles. The van der Waals surface area contributed by atoms with Crippen LogP contribution in [0.25, 0.3) is 10.9 Å². The van der Waals surface area contributed by atoms with Crippen LogP contribution in [-0.2, 0) is 12.8 Å². The number of nitrogens with two attached hydrogens (primary N) is 1. The van der Waals surface area contributed by atoms with Crippen molar-refractivity contribution in [3.63, 3.8) is 0 Å². The van der Waals surface area contributed by atoms with Gasteiger partial charge in [0.1, 0.15) is 0 Å². The summed E-state index contributed by atoms with van der Waals surface area (Å²) in [5.74, 6) is 0. The number of aryl methyl sites for hydroxylation is 1. The molecule has 2 N–H and O–H groups in total. The Kier molecular flexibility index (Phi) is 3.00. The molecule has 0 aliphatic heterocycles. The molecule has 1 aliphatic carbocycles. The topological polar surface area (TPSA) is 38.9 Å². The molecule has 1 unspecified atom stereocenters. The Morgan fingerprint density at radius 2 is 2.06 bits per heavy atom. The fourth-order valence-electron chi connectivity index (χ4n) is 2.95. The van der Waals surface area contributed by atoms with Gasteiger partial charge in [-0.3, -0.25) is 4.98 Å². The highest BCUT2D eigenvalue weighted by Crippen LogP contribution is 2.33. The van der Waals surface area contributed by atoms with Crippen LogP contribution in [0.5, 0.6) is 0 Å². The van der Waals surface area contributed by atoms with E-state index in [0.717, 1.165) is 28.8 Å². The summed E-state index contributed by atoms with van der Waals surface area (Å²) in [6.07, 6.45) is 4.65. The van der Waals surface area contributed by atoms with Crippen LogP contribution in [0.4, 0.5) is 0 Å². The number of hydrogen-bond acceptors (Lipinski definition) is 2. The Labute approximate surface area is 112 Å². The molecule has 1 heterocycles. The summed E-state index contributed by atoms with van der Waals surface area (Å²) in [7, 11) is 0. The minimum atomic E-state index is 0.0285. The Hall–Kier alpha value is -1.12. The summed E-state index contributed by atoms with van der Waals surface area (Å²) >= 11 is 6.11. The van der Waals surface area contributed by atoms with Gasteiger partial charge in [0.15, 0.2) is 0 Å². The second-order valence-electron chi connectivity index (χ2n) is 5.11. The van der Waals surface area contributed by atoms with Crippen molar-refractivity contribution in [2.75, 3.05) is 0 Å². The van der Waals surface area contributed by atoms with Gasteiger partial charge in [0.25, 0.3) is 0 Å². The van der Waals surface area contributed by atoms with E-state index in [1.54, 1.807) is 0 Å². The van der Waals surface area contributed by atoms with Gasteiger partial charge >= 0.3 is 0 Å². The zero-order chi connectivity index (χ0) is 12.7. The maximum absolute atomic E-state index is 6.18. The van der Waals surface area contributed by atoms with Crippen molar-refractivity contribution in [1.29, 1.82) is 0 Å². The van der Waals surface area contributed by atoms with Gasteiger partial charge in [-0.1, -0.05) is 11.6 Å². The van der Waals surface area contributed by atoms with Gasteiger partial charge in [-0.05, 0) is 61.9 Å². The first kappa shape index (κ1) is 11.9. The van der Waals surface area contributed by atoms with Crippen molar-refractivity contribution in [3.05, 3.63) is 40.0 Å². The summed E-state index contributed by atoms with van der Waals surface area (Å²) in [5.41, 5.74) is 11.1. The van der Waals surface area contributed by atoms with E-state index in [-0.39, 0.29) is 6.04 Å². The van der Waals surface area contributed by atoms with Crippen molar-refractivity contribution in [2.24, 2.45) is 5.73 Å². The highest BCUT2D eigenvalue weighted by molar-refractivity contribution is 6.31. The number of rotatable bonds is 1. The van der Waals surface area contributed by atoms with Crippen LogP contribution >= 0.6 is 11.6 Å². The number of aromatic nitrogens is 1. The van der Waals surface area contributed by atoms with Crippen LogP contribution in [0.2, 0.25) is 5.02 Å². The van der Waals surface area contributed by atoms with E-state index in [1.165, 1.54) is 29.7 Å². The van der Waals surface area contributed by atoms with E-state index in [0.29, 0.717) is 0 Å².